The second-order valence-electron chi connectivity index (χ2n) is 6.15. The number of hydrogen-bond acceptors (Lipinski definition) is 5. The first kappa shape index (κ1) is 14.5. The molecule has 1 saturated heterocycles. The maximum absolute atomic E-state index is 10.2. The Morgan fingerprint density at radius 3 is 3.00 bits per heavy atom. The number of aromatic hydroxyl groups is 1. The lowest BCUT2D eigenvalue weighted by Crippen LogP contribution is -2.30. The third-order valence-corrected chi connectivity index (χ3v) is 4.66. The Morgan fingerprint density at radius 1 is 1.26 bits per heavy atom. The molecule has 2 aliphatic heterocycles. The third-order valence-electron chi connectivity index (χ3n) is 4.66. The quantitative estimate of drug-likeness (QED) is 0.796. The molecule has 1 atom stereocenters. The molecule has 23 heavy (non-hydrogen) atoms. The molecular formula is C18H21N3O2. The summed E-state index contributed by atoms with van der Waals surface area (Å²) in [5, 5.41) is 16.9. The van der Waals surface area contributed by atoms with Crippen LogP contribution in [0.2, 0.25) is 0 Å². The van der Waals surface area contributed by atoms with E-state index in [0.29, 0.717) is 19.3 Å². The summed E-state index contributed by atoms with van der Waals surface area (Å²) in [6, 6.07) is 9.49. The molecular weight excluding hydrogens is 290 g/mol. The molecule has 0 saturated carbocycles. The number of rotatable bonds is 2. The number of phenols is 1. The van der Waals surface area contributed by atoms with Crippen LogP contribution in [-0.4, -0.2) is 29.9 Å². The van der Waals surface area contributed by atoms with Crippen LogP contribution in [0.25, 0.3) is 11.3 Å². The van der Waals surface area contributed by atoms with Crippen molar-refractivity contribution in [3.63, 3.8) is 0 Å². The van der Waals surface area contributed by atoms with Crippen molar-refractivity contribution in [3.05, 3.63) is 41.5 Å². The predicted molar refractivity (Wildman–Crippen MR) is 89.5 cm³/mol. The fraction of sp³-hybridized carbons (Fsp3) is 0.389. The number of anilines is 1. The first-order valence-electron chi connectivity index (χ1n) is 8.17. The number of ether oxygens (including phenoxy) is 1. The SMILES string of the molecule is Oc1ccccc1-c1cc(C2CCCNC2)c2c(n1)NCOC2. The van der Waals surface area contributed by atoms with Crippen LogP contribution in [0.15, 0.2) is 30.3 Å². The van der Waals surface area contributed by atoms with E-state index >= 15 is 0 Å². The first-order valence-corrected chi connectivity index (χ1v) is 8.17. The topological polar surface area (TPSA) is 66.4 Å². The summed E-state index contributed by atoms with van der Waals surface area (Å²) < 4.78 is 5.58. The number of para-hydroxylation sites is 1. The standard InChI is InChI=1S/C18H21N3O2/c22-17-6-2-1-5-13(17)16-8-14(12-4-3-7-19-9-12)15-10-23-11-20-18(15)21-16/h1-2,5-6,8,12,19,22H,3-4,7,9-11H2,(H,20,21). The molecule has 4 rings (SSSR count). The van der Waals surface area contributed by atoms with Gasteiger partial charge in [0.15, 0.2) is 0 Å². The highest BCUT2D eigenvalue weighted by Gasteiger charge is 2.24. The van der Waals surface area contributed by atoms with Gasteiger partial charge in [-0.1, -0.05) is 12.1 Å². The minimum absolute atomic E-state index is 0.264. The highest BCUT2D eigenvalue weighted by Crippen LogP contribution is 2.36. The molecule has 1 aromatic heterocycles. The zero-order valence-corrected chi connectivity index (χ0v) is 13.0. The van der Waals surface area contributed by atoms with Gasteiger partial charge in [-0.3, -0.25) is 0 Å². The summed E-state index contributed by atoms with van der Waals surface area (Å²) in [7, 11) is 0. The first-order chi connectivity index (χ1) is 11.3. The Balaban J connectivity index is 1.83. The Morgan fingerprint density at radius 2 is 2.17 bits per heavy atom. The van der Waals surface area contributed by atoms with Crippen LogP contribution >= 0.6 is 0 Å². The van der Waals surface area contributed by atoms with Gasteiger partial charge in [-0.2, -0.15) is 0 Å². The van der Waals surface area contributed by atoms with Crippen molar-refractivity contribution in [2.24, 2.45) is 0 Å². The molecule has 3 N–H and O–H groups in total. The van der Waals surface area contributed by atoms with E-state index in [1.165, 1.54) is 18.4 Å². The highest BCUT2D eigenvalue weighted by atomic mass is 16.5. The highest BCUT2D eigenvalue weighted by molar-refractivity contribution is 5.70. The minimum atomic E-state index is 0.264. The van der Waals surface area contributed by atoms with Crippen molar-refractivity contribution in [1.82, 2.24) is 10.3 Å². The molecule has 0 radical (unpaired) electrons. The van der Waals surface area contributed by atoms with Gasteiger partial charge < -0.3 is 20.5 Å². The van der Waals surface area contributed by atoms with Crippen LogP contribution in [0.4, 0.5) is 5.82 Å². The molecule has 2 aliphatic rings. The van der Waals surface area contributed by atoms with E-state index in [1.807, 2.05) is 18.2 Å². The zero-order chi connectivity index (χ0) is 15.6. The lowest BCUT2D eigenvalue weighted by Gasteiger charge is -2.29. The normalized spacial score (nSPS) is 20.6. The third kappa shape index (κ3) is 2.78. The molecule has 1 fully saturated rings. The van der Waals surface area contributed by atoms with E-state index < -0.39 is 0 Å². The number of nitrogens with zero attached hydrogens (tertiary/aromatic N) is 1. The Hall–Kier alpha value is -2.11. The van der Waals surface area contributed by atoms with Crippen molar-refractivity contribution < 1.29 is 9.84 Å². The number of pyridine rings is 1. The van der Waals surface area contributed by atoms with Crippen molar-refractivity contribution in [2.75, 3.05) is 25.1 Å². The van der Waals surface area contributed by atoms with Gasteiger partial charge in [0.1, 0.15) is 18.3 Å². The van der Waals surface area contributed by atoms with Crippen LogP contribution in [0.1, 0.15) is 29.9 Å². The molecule has 0 aliphatic carbocycles. The predicted octanol–water partition coefficient (Wildman–Crippen LogP) is 2.82. The smallest absolute Gasteiger partial charge is 0.134 e. The summed E-state index contributed by atoms with van der Waals surface area (Å²) in [6.07, 6.45) is 2.35. The average molecular weight is 311 g/mol. The lowest BCUT2D eigenvalue weighted by molar-refractivity contribution is 0.128. The fourth-order valence-corrected chi connectivity index (χ4v) is 3.47. The summed E-state index contributed by atoms with van der Waals surface area (Å²) in [6.45, 7) is 3.15. The molecule has 1 aromatic carbocycles. The summed E-state index contributed by atoms with van der Waals surface area (Å²) in [4.78, 5) is 4.73. The second kappa shape index (κ2) is 6.18. The number of phenolic OH excluding ortho intramolecular Hbond substituents is 1. The van der Waals surface area contributed by atoms with Gasteiger partial charge in [0.25, 0.3) is 0 Å². The summed E-state index contributed by atoms with van der Waals surface area (Å²) in [5.41, 5.74) is 4.03. The maximum atomic E-state index is 10.2. The number of hydrogen-bond donors (Lipinski definition) is 3. The lowest BCUT2D eigenvalue weighted by atomic mass is 9.87. The van der Waals surface area contributed by atoms with E-state index in [4.69, 9.17) is 9.72 Å². The van der Waals surface area contributed by atoms with Crippen molar-refractivity contribution in [3.8, 4) is 17.0 Å². The minimum Gasteiger partial charge on any atom is -0.507 e. The summed E-state index contributed by atoms with van der Waals surface area (Å²) in [5.74, 6) is 1.62. The molecule has 3 heterocycles. The Kier molecular flexibility index (Phi) is 3.89. The zero-order valence-electron chi connectivity index (χ0n) is 13.0. The monoisotopic (exact) mass is 311 g/mol. The molecule has 1 unspecified atom stereocenters. The number of piperidine rings is 1. The van der Waals surface area contributed by atoms with Gasteiger partial charge in [0.05, 0.1) is 12.3 Å². The number of aromatic nitrogens is 1. The molecule has 5 heteroatoms. The van der Waals surface area contributed by atoms with E-state index in [0.717, 1.165) is 35.7 Å². The van der Waals surface area contributed by atoms with E-state index in [-0.39, 0.29) is 5.75 Å². The average Bonchev–Trinajstić information content (AvgIpc) is 2.62. The molecule has 120 valence electrons. The fourth-order valence-electron chi connectivity index (χ4n) is 3.47. The number of benzene rings is 1. The van der Waals surface area contributed by atoms with Gasteiger partial charge in [-0.25, -0.2) is 4.98 Å². The van der Waals surface area contributed by atoms with Gasteiger partial charge in [0, 0.05) is 17.7 Å². The number of fused-ring (bicyclic) bond motifs is 1. The van der Waals surface area contributed by atoms with Crippen LogP contribution in [0, 0.1) is 0 Å². The molecule has 0 amide bonds. The largest absolute Gasteiger partial charge is 0.507 e. The Labute approximate surface area is 135 Å². The van der Waals surface area contributed by atoms with E-state index in [2.05, 4.69) is 16.7 Å². The Bertz CT molecular complexity index is 711. The van der Waals surface area contributed by atoms with Crippen molar-refractivity contribution >= 4 is 5.82 Å². The van der Waals surface area contributed by atoms with E-state index in [1.54, 1.807) is 6.07 Å². The van der Waals surface area contributed by atoms with Crippen LogP contribution in [-0.2, 0) is 11.3 Å². The second-order valence-corrected chi connectivity index (χ2v) is 6.15. The van der Waals surface area contributed by atoms with E-state index in [9.17, 15) is 5.11 Å². The van der Waals surface area contributed by atoms with Crippen LogP contribution < -0.4 is 10.6 Å². The maximum Gasteiger partial charge on any atom is 0.134 e. The van der Waals surface area contributed by atoms with Crippen LogP contribution in [0.3, 0.4) is 0 Å². The van der Waals surface area contributed by atoms with Crippen molar-refractivity contribution in [2.45, 2.75) is 25.4 Å². The van der Waals surface area contributed by atoms with Crippen LogP contribution in [0.5, 0.6) is 5.75 Å². The van der Waals surface area contributed by atoms with Gasteiger partial charge in [-0.15, -0.1) is 0 Å². The number of nitrogens with one attached hydrogen (secondary N) is 2. The van der Waals surface area contributed by atoms with Gasteiger partial charge in [-0.05, 0) is 49.1 Å². The summed E-state index contributed by atoms with van der Waals surface area (Å²) >= 11 is 0. The molecule has 0 spiro atoms. The molecule has 5 nitrogen and oxygen atoms in total. The molecule has 0 bridgehead atoms. The van der Waals surface area contributed by atoms with Gasteiger partial charge >= 0.3 is 0 Å². The molecule has 2 aromatic rings. The van der Waals surface area contributed by atoms with Gasteiger partial charge in [0.2, 0.25) is 0 Å². The van der Waals surface area contributed by atoms with Crippen molar-refractivity contribution in [1.29, 1.82) is 0 Å².